The van der Waals surface area contributed by atoms with Gasteiger partial charge in [0.15, 0.2) is 6.61 Å². The van der Waals surface area contributed by atoms with Gasteiger partial charge in [0, 0.05) is 11.1 Å². The molecule has 1 amide bonds. The van der Waals surface area contributed by atoms with Crippen LogP contribution in [0.3, 0.4) is 0 Å². The third kappa shape index (κ3) is 7.33. The summed E-state index contributed by atoms with van der Waals surface area (Å²) in [6.07, 6.45) is 5.73. The summed E-state index contributed by atoms with van der Waals surface area (Å²) in [5.74, 6) is 0.257. The number of amides is 1. The second-order valence-electron chi connectivity index (χ2n) is 6.00. The van der Waals surface area contributed by atoms with Gasteiger partial charge in [-0.25, -0.2) is 10.2 Å². The molecule has 0 aliphatic rings. The number of nitrogens with zero attached hydrogens (tertiary/aromatic N) is 1. The molecule has 1 N–H and O–H groups in total. The molecule has 0 radical (unpaired) electrons. The van der Waals surface area contributed by atoms with E-state index < -0.39 is 11.9 Å². The predicted molar refractivity (Wildman–Crippen MR) is 118 cm³/mol. The molecule has 9 heteroatoms. The minimum atomic E-state index is -0.536. The van der Waals surface area contributed by atoms with E-state index in [2.05, 4.69) is 10.5 Å². The summed E-state index contributed by atoms with van der Waals surface area (Å²) in [6.45, 7) is -0.265. The highest BCUT2D eigenvalue weighted by Gasteiger charge is 2.06. The second-order valence-corrected chi connectivity index (χ2v) is 6.84. The number of halogens is 2. The SMILES string of the molecule is O=C(COc1ccc(Cl)cc1Cl)N/N=C\c1ccc(OC(=O)/C=C/c2ccco2)cc1. The Balaban J connectivity index is 1.43. The van der Waals surface area contributed by atoms with E-state index in [1.54, 1.807) is 48.5 Å². The van der Waals surface area contributed by atoms with Crippen LogP contribution in [0.2, 0.25) is 10.0 Å². The second kappa shape index (κ2) is 11.0. The fourth-order valence-corrected chi connectivity index (χ4v) is 2.72. The van der Waals surface area contributed by atoms with Gasteiger partial charge >= 0.3 is 5.97 Å². The van der Waals surface area contributed by atoms with Crippen LogP contribution in [0.15, 0.2) is 76.5 Å². The maximum atomic E-state index is 11.8. The van der Waals surface area contributed by atoms with Crippen molar-refractivity contribution in [2.75, 3.05) is 6.61 Å². The van der Waals surface area contributed by atoms with E-state index in [4.69, 9.17) is 37.1 Å². The number of carbonyl (C=O) groups is 2. The van der Waals surface area contributed by atoms with Crippen LogP contribution in [-0.2, 0) is 9.59 Å². The summed E-state index contributed by atoms with van der Waals surface area (Å²) >= 11 is 11.8. The van der Waals surface area contributed by atoms with E-state index in [0.717, 1.165) is 0 Å². The summed E-state index contributed by atoms with van der Waals surface area (Å²) in [5, 5.41) is 4.63. The van der Waals surface area contributed by atoms with Crippen molar-refractivity contribution in [2.24, 2.45) is 5.10 Å². The number of nitrogens with one attached hydrogen (secondary N) is 1. The highest BCUT2D eigenvalue weighted by molar-refractivity contribution is 6.35. The Bertz CT molecular complexity index is 1090. The fraction of sp³-hybridized carbons (Fsp3) is 0.0455. The molecule has 0 saturated carbocycles. The van der Waals surface area contributed by atoms with E-state index in [0.29, 0.717) is 32.9 Å². The zero-order chi connectivity index (χ0) is 22.1. The lowest BCUT2D eigenvalue weighted by Crippen LogP contribution is -2.24. The van der Waals surface area contributed by atoms with Gasteiger partial charge in [-0.3, -0.25) is 4.79 Å². The maximum absolute atomic E-state index is 11.8. The number of esters is 1. The number of ether oxygens (including phenoxy) is 2. The van der Waals surface area contributed by atoms with E-state index in [-0.39, 0.29) is 6.61 Å². The van der Waals surface area contributed by atoms with Crippen molar-refractivity contribution in [3.05, 3.63) is 88.3 Å². The Morgan fingerprint density at radius 3 is 2.61 bits per heavy atom. The molecule has 0 aliphatic heterocycles. The van der Waals surface area contributed by atoms with Crippen LogP contribution in [0.1, 0.15) is 11.3 Å². The summed E-state index contributed by atoms with van der Waals surface area (Å²) < 4.78 is 15.6. The van der Waals surface area contributed by atoms with E-state index >= 15 is 0 Å². The van der Waals surface area contributed by atoms with Crippen molar-refractivity contribution in [1.82, 2.24) is 5.43 Å². The van der Waals surface area contributed by atoms with Gasteiger partial charge in [-0.15, -0.1) is 0 Å². The fourth-order valence-electron chi connectivity index (χ4n) is 2.26. The molecule has 0 atom stereocenters. The van der Waals surface area contributed by atoms with Gasteiger partial charge in [0.25, 0.3) is 5.91 Å². The minimum Gasteiger partial charge on any atom is -0.482 e. The molecule has 2 aromatic carbocycles. The van der Waals surface area contributed by atoms with E-state index in [9.17, 15) is 9.59 Å². The Hall–Kier alpha value is -3.55. The van der Waals surface area contributed by atoms with Gasteiger partial charge in [0.1, 0.15) is 17.3 Å². The van der Waals surface area contributed by atoms with Crippen LogP contribution in [0, 0.1) is 0 Å². The first kappa shape index (κ1) is 22.1. The van der Waals surface area contributed by atoms with Crippen molar-refractivity contribution in [2.45, 2.75) is 0 Å². The molecule has 3 rings (SSSR count). The number of benzene rings is 2. The normalized spacial score (nSPS) is 11.0. The van der Waals surface area contributed by atoms with Gasteiger partial charge in [0.2, 0.25) is 0 Å². The quantitative estimate of drug-likeness (QED) is 0.173. The molecule has 3 aromatic rings. The van der Waals surface area contributed by atoms with Gasteiger partial charge in [0.05, 0.1) is 17.5 Å². The van der Waals surface area contributed by atoms with Crippen molar-refractivity contribution in [3.63, 3.8) is 0 Å². The Kier molecular flexibility index (Phi) is 7.86. The molecule has 7 nitrogen and oxygen atoms in total. The number of rotatable bonds is 8. The standard InChI is InChI=1S/C22H16Cl2N2O5/c23-16-5-9-20(19(24)12-16)30-14-21(27)26-25-13-15-3-6-18(7-4-15)31-22(28)10-8-17-2-1-11-29-17/h1-13H,14H2,(H,26,27)/b10-8+,25-13-. The Morgan fingerprint density at radius 2 is 1.90 bits per heavy atom. The topological polar surface area (TPSA) is 90.1 Å². The molecule has 0 saturated heterocycles. The van der Waals surface area contributed by atoms with Crippen LogP contribution in [0.25, 0.3) is 6.08 Å². The average molecular weight is 459 g/mol. The van der Waals surface area contributed by atoms with Gasteiger partial charge in [-0.1, -0.05) is 23.2 Å². The molecule has 31 heavy (non-hydrogen) atoms. The number of carbonyl (C=O) groups excluding carboxylic acids is 2. The first-order valence-corrected chi connectivity index (χ1v) is 9.68. The van der Waals surface area contributed by atoms with Gasteiger partial charge in [-0.2, -0.15) is 5.10 Å². The number of hydrogen-bond donors (Lipinski definition) is 1. The first-order valence-electron chi connectivity index (χ1n) is 8.93. The zero-order valence-corrected chi connectivity index (χ0v) is 17.5. The van der Waals surface area contributed by atoms with Crippen LogP contribution >= 0.6 is 23.2 Å². The molecular weight excluding hydrogens is 443 g/mol. The van der Waals surface area contributed by atoms with Crippen LogP contribution < -0.4 is 14.9 Å². The summed E-state index contributed by atoms with van der Waals surface area (Å²) in [5.41, 5.74) is 3.03. The minimum absolute atomic E-state index is 0.265. The van der Waals surface area contributed by atoms with Crippen molar-refractivity contribution in [1.29, 1.82) is 0 Å². The Morgan fingerprint density at radius 1 is 1.10 bits per heavy atom. The lowest BCUT2D eigenvalue weighted by atomic mass is 10.2. The lowest BCUT2D eigenvalue weighted by Gasteiger charge is -2.07. The van der Waals surface area contributed by atoms with Gasteiger partial charge in [-0.05, 0) is 66.2 Å². The monoisotopic (exact) mass is 458 g/mol. The van der Waals surface area contributed by atoms with Crippen LogP contribution in [0.4, 0.5) is 0 Å². The van der Waals surface area contributed by atoms with Crippen molar-refractivity contribution in [3.8, 4) is 11.5 Å². The third-order valence-corrected chi connectivity index (χ3v) is 4.21. The molecule has 0 aliphatic carbocycles. The average Bonchev–Trinajstić information content (AvgIpc) is 3.27. The van der Waals surface area contributed by atoms with E-state index in [1.165, 1.54) is 30.7 Å². The van der Waals surface area contributed by atoms with Crippen LogP contribution in [-0.4, -0.2) is 24.7 Å². The van der Waals surface area contributed by atoms with E-state index in [1.807, 2.05) is 0 Å². The molecule has 0 spiro atoms. The summed E-state index contributed by atoms with van der Waals surface area (Å²) in [6, 6.07) is 14.7. The lowest BCUT2D eigenvalue weighted by molar-refractivity contribution is -0.129. The zero-order valence-electron chi connectivity index (χ0n) is 16.0. The highest BCUT2D eigenvalue weighted by atomic mass is 35.5. The first-order chi connectivity index (χ1) is 15.0. The number of hydrazone groups is 1. The van der Waals surface area contributed by atoms with Gasteiger partial charge < -0.3 is 13.9 Å². The van der Waals surface area contributed by atoms with Crippen molar-refractivity contribution < 1.29 is 23.5 Å². The smallest absolute Gasteiger partial charge is 0.336 e. The molecule has 0 unspecified atom stereocenters. The highest BCUT2D eigenvalue weighted by Crippen LogP contribution is 2.27. The number of furan rings is 1. The molecule has 0 fully saturated rings. The molecule has 1 aromatic heterocycles. The predicted octanol–water partition coefficient (Wildman–Crippen LogP) is 4.73. The van der Waals surface area contributed by atoms with Crippen LogP contribution in [0.5, 0.6) is 11.5 Å². The molecule has 1 heterocycles. The Labute approximate surface area is 187 Å². The number of hydrogen-bond acceptors (Lipinski definition) is 6. The summed E-state index contributed by atoms with van der Waals surface area (Å²) in [7, 11) is 0. The maximum Gasteiger partial charge on any atom is 0.336 e. The summed E-state index contributed by atoms with van der Waals surface area (Å²) in [4.78, 5) is 23.6. The third-order valence-electron chi connectivity index (χ3n) is 3.68. The molecule has 0 bridgehead atoms. The van der Waals surface area contributed by atoms with Crippen molar-refractivity contribution >= 4 is 47.4 Å². The molecule has 158 valence electrons. The largest absolute Gasteiger partial charge is 0.482 e. The molecular formula is C22H16Cl2N2O5.